The lowest BCUT2D eigenvalue weighted by atomic mass is 10.1. The van der Waals surface area contributed by atoms with Gasteiger partial charge in [-0.05, 0) is 21.5 Å². The second-order valence-corrected chi connectivity index (χ2v) is 3.84. The number of carbonyl (C=O) groups is 1. The molecule has 1 heterocycles. The molecule has 14 heavy (non-hydrogen) atoms. The van der Waals surface area contributed by atoms with Gasteiger partial charge in [-0.3, -0.25) is 0 Å². The fraction of sp³-hybridized carbons (Fsp3) is 0.182. The summed E-state index contributed by atoms with van der Waals surface area (Å²) in [7, 11) is 0. The zero-order valence-corrected chi connectivity index (χ0v) is 9.08. The Hall–Kier alpha value is -1.09. The van der Waals surface area contributed by atoms with Crippen molar-refractivity contribution in [2.75, 3.05) is 6.61 Å². The molecule has 0 unspecified atom stereocenters. The van der Waals surface area contributed by atoms with Crippen LogP contribution in [0, 0.1) is 0 Å². The van der Waals surface area contributed by atoms with Crippen molar-refractivity contribution in [2.24, 2.45) is 0 Å². The van der Waals surface area contributed by atoms with Gasteiger partial charge in [0.25, 0.3) is 0 Å². The Morgan fingerprint density at radius 3 is 2.57 bits per heavy atom. The van der Waals surface area contributed by atoms with Crippen LogP contribution >= 0.6 is 15.9 Å². The van der Waals surface area contributed by atoms with Crippen LogP contribution in [-0.4, -0.2) is 12.6 Å². The number of carbonyl (C=O) groups excluding carboxylic acids is 1. The molecule has 0 bridgehead atoms. The number of benzene rings is 1. The maximum absolute atomic E-state index is 11.3. The minimum absolute atomic E-state index is 0.208. The Balaban J connectivity index is 2.40. The van der Waals surface area contributed by atoms with E-state index in [0.29, 0.717) is 13.0 Å². The monoisotopic (exact) mass is 252 g/mol. The van der Waals surface area contributed by atoms with Crippen molar-refractivity contribution in [3.63, 3.8) is 0 Å². The third kappa shape index (κ3) is 1.73. The fourth-order valence-electron chi connectivity index (χ4n) is 1.39. The molecule has 0 saturated carbocycles. The van der Waals surface area contributed by atoms with Crippen molar-refractivity contribution in [2.45, 2.75) is 6.42 Å². The topological polar surface area (TPSA) is 26.3 Å². The van der Waals surface area contributed by atoms with Crippen molar-refractivity contribution >= 4 is 26.4 Å². The summed E-state index contributed by atoms with van der Waals surface area (Å²) in [5.74, 6) is -0.208. The van der Waals surface area contributed by atoms with Gasteiger partial charge in [0.1, 0.15) is 0 Å². The molecule has 0 N–H and O–H groups in total. The lowest BCUT2D eigenvalue weighted by Gasteiger charge is -2.00. The first-order valence-corrected chi connectivity index (χ1v) is 5.19. The van der Waals surface area contributed by atoms with Gasteiger partial charge in [0.2, 0.25) is 0 Å². The fourth-order valence-corrected chi connectivity index (χ4v) is 2.02. The Morgan fingerprint density at radius 2 is 2.00 bits per heavy atom. The molecule has 3 heteroatoms. The van der Waals surface area contributed by atoms with Crippen molar-refractivity contribution < 1.29 is 9.53 Å². The summed E-state index contributed by atoms with van der Waals surface area (Å²) in [5, 5.41) is 0. The van der Waals surface area contributed by atoms with Crippen LogP contribution in [0.2, 0.25) is 0 Å². The lowest BCUT2D eigenvalue weighted by Crippen LogP contribution is -1.96. The Bertz CT molecular complexity index is 382. The first-order chi connectivity index (χ1) is 6.79. The van der Waals surface area contributed by atoms with E-state index in [4.69, 9.17) is 4.74 Å². The number of esters is 1. The Morgan fingerprint density at radius 1 is 1.29 bits per heavy atom. The minimum Gasteiger partial charge on any atom is -0.462 e. The summed E-state index contributed by atoms with van der Waals surface area (Å²) < 4.78 is 5.73. The molecule has 1 saturated heterocycles. The number of hydrogen-bond donors (Lipinski definition) is 0. The molecule has 1 fully saturated rings. The molecule has 72 valence electrons. The standard InChI is InChI=1S/C11H9BrO2/c12-10(8-4-2-1-3-5-8)9-6-7-14-11(9)13/h1-5H,6-7H2/b10-9-. The van der Waals surface area contributed by atoms with Crippen molar-refractivity contribution in [3.05, 3.63) is 41.5 Å². The van der Waals surface area contributed by atoms with E-state index in [1.807, 2.05) is 30.3 Å². The van der Waals surface area contributed by atoms with Crippen LogP contribution in [0.15, 0.2) is 35.9 Å². The van der Waals surface area contributed by atoms with Gasteiger partial charge in [-0.2, -0.15) is 0 Å². The molecule has 2 rings (SSSR count). The SMILES string of the molecule is O=C1OCC/C1=C(/Br)c1ccccc1. The van der Waals surface area contributed by atoms with E-state index in [2.05, 4.69) is 15.9 Å². The summed E-state index contributed by atoms with van der Waals surface area (Å²) >= 11 is 3.43. The molecule has 0 radical (unpaired) electrons. The highest BCUT2D eigenvalue weighted by Crippen LogP contribution is 2.30. The lowest BCUT2D eigenvalue weighted by molar-refractivity contribution is -0.134. The normalized spacial score (nSPS) is 19.4. The zero-order valence-electron chi connectivity index (χ0n) is 7.50. The summed E-state index contributed by atoms with van der Waals surface area (Å²) in [6.07, 6.45) is 0.689. The first kappa shape index (κ1) is 9.46. The Labute approximate surface area is 90.7 Å². The maximum Gasteiger partial charge on any atom is 0.335 e. The number of rotatable bonds is 1. The molecular formula is C11H9BrO2. The third-order valence-electron chi connectivity index (χ3n) is 2.12. The number of cyclic esters (lactones) is 1. The first-order valence-electron chi connectivity index (χ1n) is 4.40. The van der Waals surface area contributed by atoms with Crippen molar-refractivity contribution in [1.82, 2.24) is 0 Å². The van der Waals surface area contributed by atoms with E-state index in [1.54, 1.807) is 0 Å². The smallest absolute Gasteiger partial charge is 0.335 e. The quantitative estimate of drug-likeness (QED) is 0.568. The van der Waals surface area contributed by atoms with Gasteiger partial charge in [0.15, 0.2) is 0 Å². The summed E-state index contributed by atoms with van der Waals surface area (Å²) in [4.78, 5) is 11.3. The highest BCUT2D eigenvalue weighted by Gasteiger charge is 2.22. The van der Waals surface area contributed by atoms with Crippen LogP contribution in [0.3, 0.4) is 0 Å². The molecule has 2 nitrogen and oxygen atoms in total. The van der Waals surface area contributed by atoms with E-state index < -0.39 is 0 Å². The molecule has 1 aromatic rings. The van der Waals surface area contributed by atoms with Gasteiger partial charge in [0, 0.05) is 10.9 Å². The third-order valence-corrected chi connectivity index (χ3v) is 3.06. The van der Waals surface area contributed by atoms with Crippen LogP contribution in [0.25, 0.3) is 4.48 Å². The predicted molar refractivity (Wildman–Crippen MR) is 57.9 cm³/mol. The van der Waals surface area contributed by atoms with Crippen molar-refractivity contribution in [3.8, 4) is 0 Å². The number of hydrogen-bond acceptors (Lipinski definition) is 2. The summed E-state index contributed by atoms with van der Waals surface area (Å²) in [6, 6.07) is 9.75. The van der Waals surface area contributed by atoms with E-state index in [0.717, 1.165) is 15.6 Å². The molecule has 0 aromatic heterocycles. The van der Waals surface area contributed by atoms with Gasteiger partial charge in [-0.1, -0.05) is 30.3 Å². The number of halogens is 1. The predicted octanol–water partition coefficient (Wildman–Crippen LogP) is 2.74. The number of ether oxygens (including phenoxy) is 1. The van der Waals surface area contributed by atoms with Crippen LogP contribution in [-0.2, 0) is 9.53 Å². The van der Waals surface area contributed by atoms with Gasteiger partial charge in [0.05, 0.1) is 12.2 Å². The van der Waals surface area contributed by atoms with E-state index in [9.17, 15) is 4.79 Å². The maximum atomic E-state index is 11.3. The van der Waals surface area contributed by atoms with Crippen molar-refractivity contribution in [1.29, 1.82) is 0 Å². The molecule has 1 aromatic carbocycles. The molecule has 0 spiro atoms. The molecule has 0 amide bonds. The molecule has 0 aliphatic carbocycles. The van der Waals surface area contributed by atoms with E-state index in [-0.39, 0.29) is 5.97 Å². The second-order valence-electron chi connectivity index (χ2n) is 3.04. The zero-order chi connectivity index (χ0) is 9.97. The largest absolute Gasteiger partial charge is 0.462 e. The molecule has 1 aliphatic heterocycles. The van der Waals surface area contributed by atoms with Crippen LogP contribution < -0.4 is 0 Å². The highest BCUT2D eigenvalue weighted by atomic mass is 79.9. The van der Waals surface area contributed by atoms with Gasteiger partial charge >= 0.3 is 5.97 Å². The molecular weight excluding hydrogens is 244 g/mol. The summed E-state index contributed by atoms with van der Waals surface area (Å²) in [6.45, 7) is 0.496. The van der Waals surface area contributed by atoms with Crippen LogP contribution in [0.4, 0.5) is 0 Å². The van der Waals surface area contributed by atoms with Gasteiger partial charge in [-0.15, -0.1) is 0 Å². The van der Waals surface area contributed by atoms with Crippen LogP contribution in [0.1, 0.15) is 12.0 Å². The highest BCUT2D eigenvalue weighted by molar-refractivity contribution is 9.15. The van der Waals surface area contributed by atoms with Gasteiger partial charge < -0.3 is 4.74 Å². The van der Waals surface area contributed by atoms with E-state index >= 15 is 0 Å². The average Bonchev–Trinajstić information content (AvgIpc) is 2.65. The summed E-state index contributed by atoms with van der Waals surface area (Å²) in [5.41, 5.74) is 1.75. The molecule has 1 aliphatic rings. The van der Waals surface area contributed by atoms with Crippen LogP contribution in [0.5, 0.6) is 0 Å². The average molecular weight is 253 g/mol. The minimum atomic E-state index is -0.208. The second kappa shape index (κ2) is 3.96. The Kier molecular flexibility index (Phi) is 2.68. The van der Waals surface area contributed by atoms with E-state index in [1.165, 1.54) is 0 Å². The molecule has 0 atom stereocenters. The van der Waals surface area contributed by atoms with Gasteiger partial charge in [-0.25, -0.2) is 4.79 Å².